The summed E-state index contributed by atoms with van der Waals surface area (Å²) in [5.74, 6) is 0. The van der Waals surface area contributed by atoms with Crippen LogP contribution in [0.2, 0.25) is 0 Å². The van der Waals surface area contributed by atoms with Crippen LogP contribution in [0.5, 0.6) is 0 Å². The molecule has 0 saturated carbocycles. The van der Waals surface area contributed by atoms with Crippen LogP contribution < -0.4 is 0 Å². The Labute approximate surface area is 148 Å². The molecule has 0 aliphatic carbocycles. The average molecular weight is 350 g/mol. The third-order valence-corrected chi connectivity index (χ3v) is 3.43. The summed E-state index contributed by atoms with van der Waals surface area (Å²) in [6.07, 6.45) is 3.28. The Morgan fingerprint density at radius 3 is 1.33 bits per heavy atom. The molecule has 0 fully saturated rings. The van der Waals surface area contributed by atoms with E-state index in [0.29, 0.717) is 18.1 Å². The Bertz CT molecular complexity index is 180. The van der Waals surface area contributed by atoms with Crippen LogP contribution in [-0.2, 0) is 19.5 Å². The van der Waals surface area contributed by atoms with Crippen molar-refractivity contribution >= 4 is 0 Å². The SMILES string of the molecule is [CH2-]CCN(C(C)C)C(C)C.[CH2-]CCN(CCC)C(C)C.[Zn+2]. The molecular formula is C18H40N2Zn. The summed E-state index contributed by atoms with van der Waals surface area (Å²) in [5, 5.41) is 0. The van der Waals surface area contributed by atoms with Crippen molar-refractivity contribution in [3.8, 4) is 0 Å². The fraction of sp³-hybridized carbons (Fsp3) is 0.889. The van der Waals surface area contributed by atoms with Crippen LogP contribution in [0.1, 0.15) is 67.7 Å². The molecule has 124 valence electrons. The minimum atomic E-state index is 0. The zero-order valence-corrected chi connectivity index (χ0v) is 19.0. The molecular weight excluding hydrogens is 310 g/mol. The second kappa shape index (κ2) is 16.9. The second-order valence-corrected chi connectivity index (χ2v) is 6.26. The summed E-state index contributed by atoms with van der Waals surface area (Å²) in [4.78, 5) is 4.92. The van der Waals surface area contributed by atoms with Gasteiger partial charge in [-0.05, 0) is 67.6 Å². The zero-order valence-electron chi connectivity index (χ0n) is 16.0. The molecule has 0 heterocycles. The van der Waals surface area contributed by atoms with Gasteiger partial charge in [0.25, 0.3) is 0 Å². The van der Waals surface area contributed by atoms with Crippen LogP contribution in [0, 0.1) is 13.8 Å². The standard InChI is InChI=1S/2C9H20N.Zn/c1-6-7-10(8(2)3)9(4)5;1-5-7-10(8-6-2)9(3)4;/h8-9H,1,6-7H2,2-5H3;9H,1,5-8H2,2-4H3;/q2*-1;+2. The van der Waals surface area contributed by atoms with E-state index in [4.69, 9.17) is 0 Å². The number of hydrogen-bond donors (Lipinski definition) is 0. The van der Waals surface area contributed by atoms with E-state index in [0.717, 1.165) is 25.9 Å². The van der Waals surface area contributed by atoms with Gasteiger partial charge in [-0.3, -0.25) is 0 Å². The van der Waals surface area contributed by atoms with E-state index < -0.39 is 0 Å². The molecule has 0 aromatic carbocycles. The Kier molecular flexibility index (Phi) is 21.3. The van der Waals surface area contributed by atoms with Gasteiger partial charge in [-0.2, -0.15) is 12.8 Å². The average Bonchev–Trinajstić information content (AvgIpc) is 2.35. The predicted molar refractivity (Wildman–Crippen MR) is 93.9 cm³/mol. The smallest absolute Gasteiger partial charge is 0.342 e. The molecule has 0 spiro atoms. The largest absolute Gasteiger partial charge is 2.00 e. The number of hydrogen-bond acceptors (Lipinski definition) is 2. The molecule has 0 aromatic heterocycles. The van der Waals surface area contributed by atoms with Crippen LogP contribution >= 0.6 is 0 Å². The van der Waals surface area contributed by atoms with Crippen molar-refractivity contribution in [1.82, 2.24) is 9.80 Å². The summed E-state index contributed by atoms with van der Waals surface area (Å²) < 4.78 is 0. The quantitative estimate of drug-likeness (QED) is 0.441. The van der Waals surface area contributed by atoms with E-state index in [9.17, 15) is 0 Å². The van der Waals surface area contributed by atoms with Crippen molar-refractivity contribution in [1.29, 1.82) is 0 Å². The Morgan fingerprint density at radius 1 is 0.714 bits per heavy atom. The second-order valence-electron chi connectivity index (χ2n) is 6.26. The Hall–Kier alpha value is 0.543. The summed E-state index contributed by atoms with van der Waals surface area (Å²) >= 11 is 0. The fourth-order valence-electron chi connectivity index (χ4n) is 2.41. The molecule has 0 aliphatic heterocycles. The molecule has 3 heteroatoms. The van der Waals surface area contributed by atoms with Gasteiger partial charge in [-0.15, -0.1) is 0 Å². The first-order chi connectivity index (χ1) is 9.31. The minimum absolute atomic E-state index is 0. The van der Waals surface area contributed by atoms with Gasteiger partial charge in [0.2, 0.25) is 0 Å². The molecule has 21 heavy (non-hydrogen) atoms. The van der Waals surface area contributed by atoms with Crippen LogP contribution in [0.15, 0.2) is 0 Å². The Balaban J connectivity index is -0.000000295. The van der Waals surface area contributed by atoms with E-state index in [2.05, 4.69) is 72.1 Å². The first-order valence-electron chi connectivity index (χ1n) is 8.39. The maximum absolute atomic E-state index is 3.85. The van der Waals surface area contributed by atoms with Gasteiger partial charge >= 0.3 is 19.5 Å². The first-order valence-corrected chi connectivity index (χ1v) is 8.39. The van der Waals surface area contributed by atoms with E-state index >= 15 is 0 Å². The van der Waals surface area contributed by atoms with Gasteiger partial charge in [0, 0.05) is 18.1 Å². The zero-order chi connectivity index (χ0) is 16.1. The molecule has 0 amide bonds. The van der Waals surface area contributed by atoms with Gasteiger partial charge in [-0.1, -0.05) is 6.92 Å². The molecule has 2 nitrogen and oxygen atoms in total. The van der Waals surface area contributed by atoms with Crippen molar-refractivity contribution in [2.75, 3.05) is 19.6 Å². The topological polar surface area (TPSA) is 6.48 Å². The molecule has 0 atom stereocenters. The molecule has 0 saturated heterocycles. The monoisotopic (exact) mass is 348 g/mol. The molecule has 0 N–H and O–H groups in total. The maximum Gasteiger partial charge on any atom is 2.00 e. The van der Waals surface area contributed by atoms with Crippen molar-refractivity contribution in [3.05, 3.63) is 13.8 Å². The summed E-state index contributed by atoms with van der Waals surface area (Å²) in [6.45, 7) is 26.8. The van der Waals surface area contributed by atoms with Crippen LogP contribution in [0.3, 0.4) is 0 Å². The van der Waals surface area contributed by atoms with Gasteiger partial charge < -0.3 is 23.6 Å². The maximum atomic E-state index is 3.85. The normalized spacial score (nSPS) is 11.1. The van der Waals surface area contributed by atoms with Crippen molar-refractivity contribution in [3.63, 3.8) is 0 Å². The van der Waals surface area contributed by atoms with Crippen LogP contribution in [0.4, 0.5) is 0 Å². The van der Waals surface area contributed by atoms with Crippen molar-refractivity contribution in [2.24, 2.45) is 0 Å². The molecule has 0 bridgehead atoms. The fourth-order valence-corrected chi connectivity index (χ4v) is 2.41. The third-order valence-electron chi connectivity index (χ3n) is 3.43. The van der Waals surface area contributed by atoms with Crippen molar-refractivity contribution in [2.45, 2.75) is 85.9 Å². The molecule has 0 unspecified atom stereocenters. The summed E-state index contributed by atoms with van der Waals surface area (Å²) in [5.41, 5.74) is 0. The van der Waals surface area contributed by atoms with E-state index in [-0.39, 0.29) is 19.5 Å². The van der Waals surface area contributed by atoms with Crippen LogP contribution in [-0.4, -0.2) is 47.6 Å². The van der Waals surface area contributed by atoms with E-state index in [1.807, 2.05) is 0 Å². The third kappa shape index (κ3) is 15.2. The van der Waals surface area contributed by atoms with Gasteiger partial charge in [-0.25, -0.2) is 0 Å². The van der Waals surface area contributed by atoms with E-state index in [1.54, 1.807) is 0 Å². The first kappa shape index (κ1) is 26.4. The van der Waals surface area contributed by atoms with Gasteiger partial charge in [0.05, 0.1) is 0 Å². The van der Waals surface area contributed by atoms with E-state index in [1.165, 1.54) is 13.0 Å². The van der Waals surface area contributed by atoms with Gasteiger partial charge in [0.1, 0.15) is 0 Å². The summed E-state index contributed by atoms with van der Waals surface area (Å²) in [7, 11) is 0. The number of rotatable bonds is 9. The van der Waals surface area contributed by atoms with Crippen molar-refractivity contribution < 1.29 is 19.5 Å². The molecule has 0 rings (SSSR count). The molecule has 0 aromatic rings. The summed E-state index contributed by atoms with van der Waals surface area (Å²) in [6, 6.07) is 1.99. The number of nitrogens with zero attached hydrogens (tertiary/aromatic N) is 2. The predicted octanol–water partition coefficient (Wildman–Crippen LogP) is 4.66. The molecule has 0 aliphatic rings. The Morgan fingerprint density at radius 2 is 1.14 bits per heavy atom. The van der Waals surface area contributed by atoms with Crippen LogP contribution in [0.25, 0.3) is 0 Å². The molecule has 0 radical (unpaired) electrons. The van der Waals surface area contributed by atoms with Gasteiger partial charge in [0.15, 0.2) is 0 Å². The minimum Gasteiger partial charge on any atom is -0.342 e.